The van der Waals surface area contributed by atoms with Gasteiger partial charge < -0.3 is 10.1 Å². The molecule has 164 valence electrons. The highest BCUT2D eigenvalue weighted by Crippen LogP contribution is 2.36. The molecule has 1 atom stereocenters. The number of hydrogen-bond acceptors (Lipinski definition) is 5. The number of nitrogens with zero attached hydrogens (tertiary/aromatic N) is 3. The molecule has 1 aliphatic rings. The maximum absolute atomic E-state index is 13.5. The molecule has 0 aliphatic carbocycles. The number of nitrogens with one attached hydrogen (secondary N) is 1. The summed E-state index contributed by atoms with van der Waals surface area (Å²) in [5, 5.41) is 10.2. The highest BCUT2D eigenvalue weighted by molar-refractivity contribution is 7.13. The Labute approximate surface area is 185 Å². The number of carbonyl (C=O) groups is 1. The summed E-state index contributed by atoms with van der Waals surface area (Å²) in [6, 6.07) is 6.41. The summed E-state index contributed by atoms with van der Waals surface area (Å²) < 4.78 is 21.0. The van der Waals surface area contributed by atoms with E-state index in [2.05, 4.69) is 31.2 Å². The highest BCUT2D eigenvalue weighted by Gasteiger charge is 2.24. The number of rotatable bonds is 6. The van der Waals surface area contributed by atoms with E-state index in [0.717, 1.165) is 47.0 Å². The summed E-state index contributed by atoms with van der Waals surface area (Å²) in [6.45, 7) is 7.53. The molecule has 1 amide bonds. The van der Waals surface area contributed by atoms with Crippen LogP contribution in [0.5, 0.6) is 0 Å². The van der Waals surface area contributed by atoms with Crippen molar-refractivity contribution < 1.29 is 13.9 Å². The Balaban J connectivity index is 1.56. The average Bonchev–Trinajstić information content (AvgIpc) is 3.46. The van der Waals surface area contributed by atoms with E-state index in [1.807, 2.05) is 10.1 Å². The Kier molecular flexibility index (Phi) is 6.20. The zero-order valence-corrected chi connectivity index (χ0v) is 18.8. The lowest BCUT2D eigenvalue weighted by molar-refractivity contribution is -0.121. The number of benzene rings is 1. The zero-order chi connectivity index (χ0) is 22.0. The second-order valence-corrected chi connectivity index (χ2v) is 9.61. The van der Waals surface area contributed by atoms with Crippen LogP contribution in [-0.2, 0) is 21.5 Å². The van der Waals surface area contributed by atoms with Crippen molar-refractivity contribution in [1.82, 2.24) is 20.1 Å². The SMILES string of the molecule is CC(C)(C)n1ncc(-c2nc(CC(=O)NCC3CCCO3)cs2)c1-c1ccc(F)cc1. The molecule has 6 nitrogen and oxygen atoms in total. The Morgan fingerprint density at radius 1 is 1.32 bits per heavy atom. The van der Waals surface area contributed by atoms with Gasteiger partial charge in [0, 0.05) is 24.1 Å². The van der Waals surface area contributed by atoms with Crippen molar-refractivity contribution in [2.45, 2.75) is 51.7 Å². The lowest BCUT2D eigenvalue weighted by Crippen LogP contribution is -2.32. The molecule has 1 aromatic carbocycles. The largest absolute Gasteiger partial charge is 0.376 e. The minimum atomic E-state index is -0.280. The fourth-order valence-electron chi connectivity index (χ4n) is 3.67. The monoisotopic (exact) mass is 442 g/mol. The van der Waals surface area contributed by atoms with Crippen LogP contribution in [0.1, 0.15) is 39.3 Å². The van der Waals surface area contributed by atoms with Crippen LogP contribution in [-0.4, -0.2) is 39.9 Å². The van der Waals surface area contributed by atoms with E-state index in [0.29, 0.717) is 6.54 Å². The third-order valence-electron chi connectivity index (χ3n) is 5.20. The van der Waals surface area contributed by atoms with Crippen LogP contribution >= 0.6 is 11.3 Å². The van der Waals surface area contributed by atoms with Crippen LogP contribution in [0.25, 0.3) is 21.8 Å². The number of hydrogen-bond donors (Lipinski definition) is 1. The Morgan fingerprint density at radius 3 is 2.77 bits per heavy atom. The lowest BCUT2D eigenvalue weighted by atomic mass is 10.0. The van der Waals surface area contributed by atoms with Crippen LogP contribution in [0.15, 0.2) is 35.8 Å². The van der Waals surface area contributed by atoms with E-state index in [1.54, 1.807) is 18.3 Å². The number of thiazole rings is 1. The summed E-state index contributed by atoms with van der Waals surface area (Å²) in [5.41, 5.74) is 3.09. The highest BCUT2D eigenvalue weighted by atomic mass is 32.1. The molecule has 1 saturated heterocycles. The van der Waals surface area contributed by atoms with E-state index >= 15 is 0 Å². The first-order valence-electron chi connectivity index (χ1n) is 10.5. The Hall–Kier alpha value is -2.58. The molecular formula is C23H27FN4O2S. The summed E-state index contributed by atoms with van der Waals surface area (Å²) in [4.78, 5) is 17.0. The summed E-state index contributed by atoms with van der Waals surface area (Å²) in [7, 11) is 0. The maximum atomic E-state index is 13.5. The maximum Gasteiger partial charge on any atom is 0.226 e. The number of amides is 1. The van der Waals surface area contributed by atoms with Crippen molar-refractivity contribution >= 4 is 17.2 Å². The van der Waals surface area contributed by atoms with Gasteiger partial charge in [-0.1, -0.05) is 0 Å². The first-order valence-corrected chi connectivity index (χ1v) is 11.4. The lowest BCUT2D eigenvalue weighted by Gasteiger charge is -2.23. The normalized spacial score (nSPS) is 16.6. The van der Waals surface area contributed by atoms with Crippen LogP contribution < -0.4 is 5.32 Å². The molecule has 2 aromatic heterocycles. The van der Waals surface area contributed by atoms with Gasteiger partial charge >= 0.3 is 0 Å². The predicted molar refractivity (Wildman–Crippen MR) is 119 cm³/mol. The average molecular weight is 443 g/mol. The van der Waals surface area contributed by atoms with E-state index in [4.69, 9.17) is 9.72 Å². The molecule has 0 radical (unpaired) electrons. The summed E-state index contributed by atoms with van der Waals surface area (Å²) >= 11 is 1.48. The van der Waals surface area contributed by atoms with Crippen molar-refractivity contribution in [1.29, 1.82) is 0 Å². The minimum Gasteiger partial charge on any atom is -0.376 e. The fourth-order valence-corrected chi connectivity index (χ4v) is 4.50. The predicted octanol–water partition coefficient (Wildman–Crippen LogP) is 4.41. The van der Waals surface area contributed by atoms with Crippen LogP contribution in [0.3, 0.4) is 0 Å². The molecule has 0 spiro atoms. The van der Waals surface area contributed by atoms with Crippen LogP contribution in [0, 0.1) is 5.82 Å². The molecular weight excluding hydrogens is 415 g/mol. The smallest absolute Gasteiger partial charge is 0.226 e. The van der Waals surface area contributed by atoms with Gasteiger partial charge in [0.25, 0.3) is 0 Å². The number of carbonyl (C=O) groups excluding carboxylic acids is 1. The molecule has 1 aliphatic heterocycles. The quantitative estimate of drug-likeness (QED) is 0.614. The topological polar surface area (TPSA) is 69.0 Å². The zero-order valence-electron chi connectivity index (χ0n) is 18.0. The molecule has 1 N–H and O–H groups in total. The van der Waals surface area contributed by atoms with Gasteiger partial charge in [-0.15, -0.1) is 11.3 Å². The molecule has 0 bridgehead atoms. The van der Waals surface area contributed by atoms with Crippen LogP contribution in [0.4, 0.5) is 4.39 Å². The number of halogens is 1. The van der Waals surface area contributed by atoms with Gasteiger partial charge in [0.1, 0.15) is 10.8 Å². The summed E-state index contributed by atoms with van der Waals surface area (Å²) in [6.07, 6.45) is 4.18. The Morgan fingerprint density at radius 2 is 2.10 bits per heavy atom. The van der Waals surface area contributed by atoms with Crippen molar-refractivity contribution in [3.8, 4) is 21.8 Å². The second kappa shape index (κ2) is 8.88. The Bertz CT molecular complexity index is 1050. The van der Waals surface area contributed by atoms with Gasteiger partial charge in [0.2, 0.25) is 5.91 Å². The van der Waals surface area contributed by atoms with Gasteiger partial charge in [0.05, 0.1) is 41.2 Å². The van der Waals surface area contributed by atoms with E-state index in [9.17, 15) is 9.18 Å². The van der Waals surface area contributed by atoms with E-state index in [-0.39, 0.29) is 29.8 Å². The molecule has 31 heavy (non-hydrogen) atoms. The third-order valence-corrected chi connectivity index (χ3v) is 6.12. The molecule has 1 unspecified atom stereocenters. The fraction of sp³-hybridized carbons (Fsp3) is 0.435. The molecule has 1 fully saturated rings. The first kappa shape index (κ1) is 21.6. The standard InChI is InChI=1S/C23H27FN4O2S/c1-23(2,3)28-21(15-6-8-16(24)9-7-15)19(13-26-28)22-27-17(14-31-22)11-20(29)25-12-18-5-4-10-30-18/h6-9,13-14,18H,4-5,10-12H2,1-3H3,(H,25,29). The summed E-state index contributed by atoms with van der Waals surface area (Å²) in [5.74, 6) is -0.339. The van der Waals surface area contributed by atoms with Gasteiger partial charge in [-0.25, -0.2) is 9.37 Å². The van der Waals surface area contributed by atoms with E-state index in [1.165, 1.54) is 23.5 Å². The molecule has 3 aromatic rings. The van der Waals surface area contributed by atoms with Crippen molar-refractivity contribution in [3.05, 3.63) is 47.4 Å². The molecule has 0 saturated carbocycles. The van der Waals surface area contributed by atoms with Crippen molar-refractivity contribution in [2.24, 2.45) is 0 Å². The first-order chi connectivity index (χ1) is 14.8. The number of ether oxygens (including phenoxy) is 1. The molecule has 3 heterocycles. The minimum absolute atomic E-state index is 0.0588. The van der Waals surface area contributed by atoms with Gasteiger partial charge in [0.15, 0.2) is 0 Å². The van der Waals surface area contributed by atoms with Crippen molar-refractivity contribution in [3.63, 3.8) is 0 Å². The van der Waals surface area contributed by atoms with Gasteiger partial charge in [-0.3, -0.25) is 9.48 Å². The van der Waals surface area contributed by atoms with Crippen molar-refractivity contribution in [2.75, 3.05) is 13.2 Å². The van der Waals surface area contributed by atoms with E-state index < -0.39 is 0 Å². The van der Waals surface area contributed by atoms with Gasteiger partial charge in [-0.2, -0.15) is 5.10 Å². The van der Waals surface area contributed by atoms with Crippen LogP contribution in [0.2, 0.25) is 0 Å². The molecule has 4 rings (SSSR count). The third kappa shape index (κ3) is 5.02. The number of aromatic nitrogens is 3. The second-order valence-electron chi connectivity index (χ2n) is 8.76. The van der Waals surface area contributed by atoms with Gasteiger partial charge in [-0.05, 0) is 57.9 Å². The molecule has 8 heteroatoms.